The monoisotopic (exact) mass is 589 g/mol. The van der Waals surface area contributed by atoms with Gasteiger partial charge in [-0.2, -0.15) is 5.10 Å². The van der Waals surface area contributed by atoms with Crippen LogP contribution in [-0.2, 0) is 11.3 Å². The summed E-state index contributed by atoms with van der Waals surface area (Å²) in [5.74, 6) is -0.649. The van der Waals surface area contributed by atoms with Crippen molar-refractivity contribution in [3.05, 3.63) is 118 Å². The van der Waals surface area contributed by atoms with E-state index in [1.165, 1.54) is 24.9 Å². The van der Waals surface area contributed by atoms with Crippen LogP contribution in [0.25, 0.3) is 22.0 Å². The standard InChI is InChI=1S/C34H31N5O5/c1-21-8-10-22(11-9-21)31-26-6-4-5-7-27(26)34(43)39(38-31)19-18-30(40)36-24-14-12-23(13-15-24)32(41)37-25-16-17-29(44-3)28(20-25)33(42)35-2/h4-17,20H,18-19H2,1-3H3,(H,35,42)(H,36,40)(H,37,41). The van der Waals surface area contributed by atoms with Gasteiger partial charge in [-0.1, -0.05) is 48.0 Å². The molecule has 3 N–H and O–H groups in total. The van der Waals surface area contributed by atoms with E-state index in [4.69, 9.17) is 4.74 Å². The molecule has 5 rings (SSSR count). The van der Waals surface area contributed by atoms with Crippen LogP contribution in [0, 0.1) is 6.92 Å². The van der Waals surface area contributed by atoms with Crippen molar-refractivity contribution in [1.29, 1.82) is 0 Å². The Morgan fingerprint density at radius 2 is 1.50 bits per heavy atom. The molecule has 0 aliphatic carbocycles. The SMILES string of the molecule is CNC(=O)c1cc(NC(=O)c2ccc(NC(=O)CCn3nc(-c4ccc(C)cc4)c4ccccc4c3=O)cc2)ccc1OC. The smallest absolute Gasteiger partial charge is 0.274 e. The van der Waals surface area contributed by atoms with Crippen LogP contribution in [-0.4, -0.2) is 41.7 Å². The molecule has 0 atom stereocenters. The normalized spacial score (nSPS) is 10.7. The van der Waals surface area contributed by atoms with Crippen molar-refractivity contribution in [1.82, 2.24) is 15.1 Å². The third kappa shape index (κ3) is 6.49. The molecule has 10 nitrogen and oxygen atoms in total. The zero-order valence-corrected chi connectivity index (χ0v) is 24.5. The Kier molecular flexibility index (Phi) is 8.80. The minimum absolute atomic E-state index is 0.0198. The molecule has 1 aromatic heterocycles. The summed E-state index contributed by atoms with van der Waals surface area (Å²) in [7, 11) is 2.97. The van der Waals surface area contributed by atoms with Gasteiger partial charge in [0.2, 0.25) is 5.91 Å². The quantitative estimate of drug-likeness (QED) is 0.221. The zero-order valence-electron chi connectivity index (χ0n) is 24.5. The Bertz CT molecular complexity index is 1910. The molecule has 222 valence electrons. The van der Waals surface area contributed by atoms with E-state index in [9.17, 15) is 19.2 Å². The predicted octanol–water partition coefficient (Wildman–Crippen LogP) is 5.02. The zero-order chi connectivity index (χ0) is 31.2. The van der Waals surface area contributed by atoms with Crippen molar-refractivity contribution in [3.63, 3.8) is 0 Å². The van der Waals surface area contributed by atoms with Crippen LogP contribution in [0.15, 0.2) is 95.8 Å². The number of nitrogens with zero attached hydrogens (tertiary/aromatic N) is 2. The lowest BCUT2D eigenvalue weighted by molar-refractivity contribution is -0.116. The second-order valence-electron chi connectivity index (χ2n) is 10.1. The molecule has 0 spiro atoms. The van der Waals surface area contributed by atoms with Gasteiger partial charge in [-0.15, -0.1) is 0 Å². The van der Waals surface area contributed by atoms with Gasteiger partial charge in [-0.05, 0) is 55.5 Å². The molecule has 3 amide bonds. The van der Waals surface area contributed by atoms with Crippen LogP contribution in [0.1, 0.15) is 32.7 Å². The number of aryl methyl sites for hydroxylation is 2. The number of amides is 3. The average Bonchev–Trinajstić information content (AvgIpc) is 3.05. The number of anilines is 2. The fraction of sp³-hybridized carbons (Fsp3) is 0.147. The van der Waals surface area contributed by atoms with E-state index in [-0.39, 0.29) is 36.2 Å². The van der Waals surface area contributed by atoms with Crippen LogP contribution < -0.4 is 26.2 Å². The summed E-state index contributed by atoms with van der Waals surface area (Å²) < 4.78 is 6.55. The van der Waals surface area contributed by atoms with Gasteiger partial charge in [-0.25, -0.2) is 4.68 Å². The van der Waals surface area contributed by atoms with Crippen LogP contribution in [0.5, 0.6) is 5.75 Å². The number of carbonyl (C=O) groups is 3. The average molecular weight is 590 g/mol. The highest BCUT2D eigenvalue weighted by atomic mass is 16.5. The molecule has 0 saturated heterocycles. The number of hydrogen-bond acceptors (Lipinski definition) is 6. The minimum Gasteiger partial charge on any atom is -0.496 e. The molecule has 0 unspecified atom stereocenters. The minimum atomic E-state index is -0.387. The van der Waals surface area contributed by atoms with Crippen molar-refractivity contribution in [3.8, 4) is 17.0 Å². The number of benzene rings is 4. The summed E-state index contributed by atoms with van der Waals surface area (Å²) in [6.07, 6.45) is 0.0198. The Hall–Kier alpha value is -5.77. The lowest BCUT2D eigenvalue weighted by atomic mass is 10.0. The number of fused-ring (bicyclic) bond motifs is 1. The van der Waals surface area contributed by atoms with Crippen LogP contribution in [0.2, 0.25) is 0 Å². The molecule has 0 saturated carbocycles. The number of rotatable bonds is 9. The second-order valence-corrected chi connectivity index (χ2v) is 10.1. The number of aromatic nitrogens is 2. The van der Waals surface area contributed by atoms with Crippen molar-refractivity contribution in [2.45, 2.75) is 19.9 Å². The molecule has 5 aromatic rings. The van der Waals surface area contributed by atoms with E-state index in [2.05, 4.69) is 21.0 Å². The summed E-state index contributed by atoms with van der Waals surface area (Å²) in [5, 5.41) is 14.0. The fourth-order valence-electron chi connectivity index (χ4n) is 4.75. The second kappa shape index (κ2) is 13.0. The van der Waals surface area contributed by atoms with Gasteiger partial charge < -0.3 is 20.7 Å². The summed E-state index contributed by atoms with van der Waals surface area (Å²) in [6, 6.07) is 26.4. The fourth-order valence-corrected chi connectivity index (χ4v) is 4.75. The van der Waals surface area contributed by atoms with E-state index < -0.39 is 0 Å². The maximum Gasteiger partial charge on any atom is 0.274 e. The molecule has 1 heterocycles. The van der Waals surface area contributed by atoms with Crippen LogP contribution in [0.3, 0.4) is 0 Å². The highest BCUT2D eigenvalue weighted by Crippen LogP contribution is 2.25. The van der Waals surface area contributed by atoms with Crippen LogP contribution >= 0.6 is 0 Å². The Labute approximate surface area is 253 Å². The van der Waals surface area contributed by atoms with E-state index in [1.807, 2.05) is 49.4 Å². The molecule has 4 aromatic carbocycles. The molecule has 0 fully saturated rings. The molecular formula is C34H31N5O5. The van der Waals surface area contributed by atoms with Gasteiger partial charge in [-0.3, -0.25) is 19.2 Å². The topological polar surface area (TPSA) is 131 Å². The van der Waals surface area contributed by atoms with Crippen molar-refractivity contribution in [2.24, 2.45) is 0 Å². The van der Waals surface area contributed by atoms with E-state index in [0.29, 0.717) is 39.3 Å². The first-order valence-electron chi connectivity index (χ1n) is 14.0. The van der Waals surface area contributed by atoms with E-state index >= 15 is 0 Å². The Morgan fingerprint density at radius 1 is 0.818 bits per heavy atom. The largest absolute Gasteiger partial charge is 0.496 e. The summed E-state index contributed by atoms with van der Waals surface area (Å²) in [4.78, 5) is 50.9. The van der Waals surface area contributed by atoms with E-state index in [1.54, 1.807) is 42.5 Å². The number of carbonyl (C=O) groups excluding carboxylic acids is 3. The third-order valence-electron chi connectivity index (χ3n) is 7.10. The summed E-state index contributed by atoms with van der Waals surface area (Å²) in [5.41, 5.74) is 3.98. The molecule has 0 bridgehead atoms. The van der Waals surface area contributed by atoms with Gasteiger partial charge >= 0.3 is 0 Å². The molecule has 44 heavy (non-hydrogen) atoms. The van der Waals surface area contributed by atoms with Crippen molar-refractivity contribution < 1.29 is 19.1 Å². The highest BCUT2D eigenvalue weighted by molar-refractivity contribution is 6.06. The maximum atomic E-state index is 13.2. The molecular weight excluding hydrogens is 558 g/mol. The summed E-state index contributed by atoms with van der Waals surface area (Å²) in [6.45, 7) is 2.10. The number of methoxy groups -OCH3 is 1. The predicted molar refractivity (Wildman–Crippen MR) is 170 cm³/mol. The molecule has 10 heteroatoms. The lowest BCUT2D eigenvalue weighted by Gasteiger charge is -2.12. The first kappa shape index (κ1) is 29.7. The van der Waals surface area contributed by atoms with Crippen molar-refractivity contribution >= 4 is 39.9 Å². The first-order chi connectivity index (χ1) is 21.3. The van der Waals surface area contributed by atoms with Gasteiger partial charge in [0.15, 0.2) is 0 Å². The molecule has 0 aliphatic rings. The van der Waals surface area contributed by atoms with Crippen LogP contribution in [0.4, 0.5) is 11.4 Å². The first-order valence-corrected chi connectivity index (χ1v) is 14.0. The number of ether oxygens (including phenoxy) is 1. The highest BCUT2D eigenvalue weighted by Gasteiger charge is 2.15. The molecule has 0 aliphatic heterocycles. The molecule has 0 radical (unpaired) electrons. The number of hydrogen-bond donors (Lipinski definition) is 3. The number of nitrogens with one attached hydrogen (secondary N) is 3. The van der Waals surface area contributed by atoms with Gasteiger partial charge in [0.05, 0.1) is 30.3 Å². The van der Waals surface area contributed by atoms with Crippen molar-refractivity contribution in [2.75, 3.05) is 24.8 Å². The lowest BCUT2D eigenvalue weighted by Crippen LogP contribution is -2.26. The Balaban J connectivity index is 1.25. The third-order valence-corrected chi connectivity index (χ3v) is 7.10. The Morgan fingerprint density at radius 3 is 2.18 bits per heavy atom. The summed E-state index contributed by atoms with van der Waals surface area (Å²) >= 11 is 0. The van der Waals surface area contributed by atoms with Gasteiger partial charge in [0.25, 0.3) is 17.4 Å². The van der Waals surface area contributed by atoms with Gasteiger partial charge in [0, 0.05) is 41.4 Å². The van der Waals surface area contributed by atoms with E-state index in [0.717, 1.165) is 16.5 Å². The van der Waals surface area contributed by atoms with Gasteiger partial charge in [0.1, 0.15) is 5.75 Å². The maximum absolute atomic E-state index is 13.2.